The largest absolute Gasteiger partial charge is 0.460 e. The van der Waals surface area contributed by atoms with Crippen LogP contribution in [0.3, 0.4) is 0 Å². The van der Waals surface area contributed by atoms with Crippen molar-refractivity contribution in [3.05, 3.63) is 94.4 Å². The molecule has 3 aromatic rings. The number of hydrogen-bond acceptors (Lipinski definition) is 5. The zero-order chi connectivity index (χ0) is 22.4. The second-order valence-electron chi connectivity index (χ2n) is 6.55. The first-order valence-corrected chi connectivity index (χ1v) is 10.9. The van der Waals surface area contributed by atoms with Gasteiger partial charge in [-0.3, -0.25) is 4.79 Å². The van der Waals surface area contributed by atoms with Crippen LogP contribution in [-0.4, -0.2) is 18.6 Å². The Hall–Kier alpha value is -3.38. The summed E-state index contributed by atoms with van der Waals surface area (Å²) in [6.45, 7) is 0.0250. The first-order valence-electron chi connectivity index (χ1n) is 9.09. The first kappa shape index (κ1) is 22.3. The van der Waals surface area contributed by atoms with Crippen molar-refractivity contribution in [3.63, 3.8) is 0 Å². The molecule has 2 aromatic carbocycles. The number of halogens is 1. The minimum atomic E-state index is -3.84. The summed E-state index contributed by atoms with van der Waals surface area (Å²) < 4.78 is 33.4. The Morgan fingerprint density at radius 1 is 1.06 bits per heavy atom. The maximum absolute atomic E-state index is 13.3. The number of primary amides is 1. The van der Waals surface area contributed by atoms with Gasteiger partial charge in [-0.1, -0.05) is 41.9 Å². The molecule has 0 aliphatic rings. The van der Waals surface area contributed by atoms with Gasteiger partial charge in [0.15, 0.2) is 0 Å². The number of nitrogens with zero attached hydrogens (tertiary/aromatic N) is 2. The van der Waals surface area contributed by atoms with Gasteiger partial charge in [0.2, 0.25) is 10.0 Å². The van der Waals surface area contributed by atoms with Crippen molar-refractivity contribution in [2.75, 3.05) is 0 Å². The maximum atomic E-state index is 13.3. The third-order valence-electron chi connectivity index (χ3n) is 4.34. The number of carbonyl (C=O) groups is 1. The standard InChI is InChI=1S/C22H18ClN3O4S/c23-18-8-6-16(7-9-18)14-26(31(28,29)21-4-2-1-3-5-21)15-20-11-10-19(30-20)12-17(13-24)22(25)27/h1-12H,14-15H2,(H2,25,27)/b17-12-. The van der Waals surface area contributed by atoms with Crippen molar-refractivity contribution >= 4 is 33.6 Å². The van der Waals surface area contributed by atoms with E-state index in [1.165, 1.54) is 28.6 Å². The number of rotatable bonds is 8. The highest BCUT2D eigenvalue weighted by molar-refractivity contribution is 7.89. The van der Waals surface area contributed by atoms with Gasteiger partial charge in [-0.2, -0.15) is 9.57 Å². The van der Waals surface area contributed by atoms with Gasteiger partial charge in [0, 0.05) is 17.6 Å². The molecule has 0 unspecified atom stereocenters. The molecule has 2 N–H and O–H groups in total. The van der Waals surface area contributed by atoms with Crippen LogP contribution in [0, 0.1) is 11.3 Å². The van der Waals surface area contributed by atoms with Crippen LogP contribution in [0.4, 0.5) is 0 Å². The van der Waals surface area contributed by atoms with Gasteiger partial charge in [0.25, 0.3) is 5.91 Å². The number of furan rings is 1. The van der Waals surface area contributed by atoms with Gasteiger partial charge in [0.1, 0.15) is 23.2 Å². The van der Waals surface area contributed by atoms with Gasteiger partial charge in [-0.05, 0) is 42.0 Å². The summed E-state index contributed by atoms with van der Waals surface area (Å²) in [4.78, 5) is 11.4. The summed E-state index contributed by atoms with van der Waals surface area (Å²) in [6, 6.07) is 19.8. The fourth-order valence-electron chi connectivity index (χ4n) is 2.79. The average molecular weight is 456 g/mol. The fourth-order valence-corrected chi connectivity index (χ4v) is 4.33. The molecule has 0 aliphatic carbocycles. The van der Waals surface area contributed by atoms with Crippen molar-refractivity contribution in [2.45, 2.75) is 18.0 Å². The molecule has 0 aliphatic heterocycles. The Labute approximate surface area is 185 Å². The Kier molecular flexibility index (Phi) is 6.92. The number of carbonyl (C=O) groups excluding carboxylic acids is 1. The van der Waals surface area contributed by atoms with E-state index < -0.39 is 15.9 Å². The van der Waals surface area contributed by atoms with E-state index in [4.69, 9.17) is 27.0 Å². The minimum Gasteiger partial charge on any atom is -0.460 e. The summed E-state index contributed by atoms with van der Waals surface area (Å²) in [6.07, 6.45) is 1.21. The molecule has 0 atom stereocenters. The summed E-state index contributed by atoms with van der Waals surface area (Å²) >= 11 is 5.93. The molecular weight excluding hydrogens is 438 g/mol. The second-order valence-corrected chi connectivity index (χ2v) is 8.93. The topological polar surface area (TPSA) is 117 Å². The minimum absolute atomic E-state index is 0.0633. The molecule has 31 heavy (non-hydrogen) atoms. The summed E-state index contributed by atoms with van der Waals surface area (Å²) in [5.74, 6) is -0.327. The van der Waals surface area contributed by atoms with Crippen LogP contribution in [0.15, 0.2) is 81.6 Å². The predicted octanol–water partition coefficient (Wildman–Crippen LogP) is 3.72. The highest BCUT2D eigenvalue weighted by Crippen LogP contribution is 2.23. The third-order valence-corrected chi connectivity index (χ3v) is 6.40. The van der Waals surface area contributed by atoms with E-state index in [1.807, 2.05) is 0 Å². The van der Waals surface area contributed by atoms with Gasteiger partial charge >= 0.3 is 0 Å². The first-order chi connectivity index (χ1) is 14.8. The molecule has 9 heteroatoms. The predicted molar refractivity (Wildman–Crippen MR) is 116 cm³/mol. The summed E-state index contributed by atoms with van der Waals surface area (Å²) in [5.41, 5.74) is 5.61. The molecule has 3 rings (SSSR count). The van der Waals surface area contributed by atoms with Gasteiger partial charge < -0.3 is 10.2 Å². The summed E-state index contributed by atoms with van der Waals surface area (Å²) in [7, 11) is -3.84. The fraction of sp³-hybridized carbons (Fsp3) is 0.0909. The molecule has 0 radical (unpaired) electrons. The molecule has 158 valence electrons. The van der Waals surface area contributed by atoms with Crippen LogP contribution in [0.2, 0.25) is 5.02 Å². The Morgan fingerprint density at radius 3 is 2.35 bits per heavy atom. The van der Waals surface area contributed by atoms with Crippen LogP contribution in [0.25, 0.3) is 6.08 Å². The van der Waals surface area contributed by atoms with Gasteiger partial charge in [0.05, 0.1) is 11.4 Å². The second kappa shape index (κ2) is 9.62. The zero-order valence-corrected chi connectivity index (χ0v) is 17.8. The van der Waals surface area contributed by atoms with E-state index in [2.05, 4.69) is 0 Å². The van der Waals surface area contributed by atoms with Crippen molar-refractivity contribution in [1.82, 2.24) is 4.31 Å². The smallest absolute Gasteiger partial charge is 0.259 e. The average Bonchev–Trinajstić information content (AvgIpc) is 3.20. The van der Waals surface area contributed by atoms with E-state index >= 15 is 0 Å². The lowest BCUT2D eigenvalue weighted by Gasteiger charge is -2.21. The molecule has 1 heterocycles. The van der Waals surface area contributed by atoms with Crippen LogP contribution in [0.5, 0.6) is 0 Å². The maximum Gasteiger partial charge on any atom is 0.259 e. The van der Waals surface area contributed by atoms with Crippen LogP contribution < -0.4 is 5.73 Å². The van der Waals surface area contributed by atoms with Crippen molar-refractivity contribution in [1.29, 1.82) is 5.26 Å². The number of hydrogen-bond donors (Lipinski definition) is 1. The number of benzene rings is 2. The molecule has 7 nitrogen and oxygen atoms in total. The third kappa shape index (κ3) is 5.61. The Morgan fingerprint density at radius 2 is 1.74 bits per heavy atom. The van der Waals surface area contributed by atoms with E-state index in [0.717, 1.165) is 5.56 Å². The number of nitrogens with two attached hydrogens (primary N) is 1. The molecule has 1 amide bonds. The molecule has 0 fully saturated rings. The van der Waals surface area contributed by atoms with Crippen LogP contribution in [0.1, 0.15) is 17.1 Å². The van der Waals surface area contributed by atoms with E-state index in [1.54, 1.807) is 54.6 Å². The SMILES string of the molecule is N#C/C(=C/c1ccc(CN(Cc2ccc(Cl)cc2)S(=O)(=O)c2ccccc2)o1)C(N)=O. The van der Waals surface area contributed by atoms with Crippen molar-refractivity contribution in [2.24, 2.45) is 5.73 Å². The van der Waals surface area contributed by atoms with E-state index in [9.17, 15) is 13.2 Å². The monoisotopic (exact) mass is 455 g/mol. The molecule has 0 saturated heterocycles. The van der Waals surface area contributed by atoms with Crippen LogP contribution >= 0.6 is 11.6 Å². The lowest BCUT2D eigenvalue weighted by atomic mass is 10.2. The molecule has 1 aromatic heterocycles. The molecule has 0 saturated carbocycles. The van der Waals surface area contributed by atoms with Gasteiger partial charge in [-0.25, -0.2) is 8.42 Å². The van der Waals surface area contributed by atoms with Gasteiger partial charge in [-0.15, -0.1) is 0 Å². The van der Waals surface area contributed by atoms with Crippen LogP contribution in [-0.2, 0) is 27.9 Å². The Balaban J connectivity index is 1.93. The highest BCUT2D eigenvalue weighted by Gasteiger charge is 2.26. The summed E-state index contributed by atoms with van der Waals surface area (Å²) in [5, 5.41) is 9.52. The molecular formula is C22H18ClN3O4S. The lowest BCUT2D eigenvalue weighted by molar-refractivity contribution is -0.114. The Bertz CT molecular complexity index is 1240. The lowest BCUT2D eigenvalue weighted by Crippen LogP contribution is -2.30. The zero-order valence-electron chi connectivity index (χ0n) is 16.2. The number of sulfonamides is 1. The van der Waals surface area contributed by atoms with E-state index in [0.29, 0.717) is 10.8 Å². The quantitative estimate of drug-likeness (QED) is 0.410. The van der Waals surface area contributed by atoms with Crippen molar-refractivity contribution in [3.8, 4) is 6.07 Å². The number of nitriles is 1. The van der Waals surface area contributed by atoms with Crippen molar-refractivity contribution < 1.29 is 17.6 Å². The number of amides is 1. The molecule has 0 spiro atoms. The highest BCUT2D eigenvalue weighted by atomic mass is 35.5. The normalized spacial score (nSPS) is 12.0. The van der Waals surface area contributed by atoms with E-state index in [-0.39, 0.29) is 29.3 Å². The molecule has 0 bridgehead atoms.